The summed E-state index contributed by atoms with van der Waals surface area (Å²) >= 11 is 0. The molecular formula is C13H17NO5. The molecule has 6 heteroatoms. The molecule has 0 bridgehead atoms. The van der Waals surface area contributed by atoms with Crippen LogP contribution in [0.2, 0.25) is 0 Å². The van der Waals surface area contributed by atoms with Gasteiger partial charge in [0.15, 0.2) is 0 Å². The van der Waals surface area contributed by atoms with Crippen molar-refractivity contribution in [3.05, 3.63) is 35.9 Å². The molecule has 0 radical (unpaired) electrons. The summed E-state index contributed by atoms with van der Waals surface area (Å²) in [5.74, 6) is -0.398. The summed E-state index contributed by atoms with van der Waals surface area (Å²) in [6.07, 6.45) is -3.97. The molecule has 4 unspecified atom stereocenters. The Bertz CT molecular complexity index is 438. The van der Waals surface area contributed by atoms with Crippen molar-refractivity contribution >= 4 is 5.91 Å². The Morgan fingerprint density at radius 3 is 2.37 bits per heavy atom. The minimum atomic E-state index is -1.37. The van der Waals surface area contributed by atoms with Crippen LogP contribution in [0.15, 0.2) is 30.3 Å². The molecule has 19 heavy (non-hydrogen) atoms. The van der Waals surface area contributed by atoms with Crippen LogP contribution >= 0.6 is 0 Å². The molecule has 0 saturated carbocycles. The quantitative estimate of drug-likeness (QED) is 0.527. The first-order valence-corrected chi connectivity index (χ1v) is 6.07. The molecule has 0 spiro atoms. The highest BCUT2D eigenvalue weighted by Crippen LogP contribution is 2.21. The number of hydrogen-bond donors (Lipinski definition) is 4. The van der Waals surface area contributed by atoms with Crippen molar-refractivity contribution in [3.63, 3.8) is 0 Å². The van der Waals surface area contributed by atoms with Crippen molar-refractivity contribution in [2.75, 3.05) is 13.2 Å². The van der Waals surface area contributed by atoms with E-state index in [4.69, 9.17) is 0 Å². The average molecular weight is 267 g/mol. The van der Waals surface area contributed by atoms with Gasteiger partial charge in [0.05, 0.1) is 19.2 Å². The van der Waals surface area contributed by atoms with E-state index in [0.29, 0.717) is 5.56 Å². The molecule has 4 atom stereocenters. The third-order valence-electron chi connectivity index (χ3n) is 3.39. The molecule has 1 fully saturated rings. The number of amides is 1. The van der Waals surface area contributed by atoms with Crippen molar-refractivity contribution in [2.24, 2.45) is 0 Å². The van der Waals surface area contributed by atoms with Gasteiger partial charge in [-0.05, 0) is 12.1 Å². The zero-order valence-electron chi connectivity index (χ0n) is 10.3. The molecule has 1 heterocycles. The number of β-amino-alcohol motifs (C(OH)–C–C–N with tert-alkyl or cyclic N) is 1. The molecule has 0 aliphatic carbocycles. The normalized spacial score (nSPS) is 31.3. The van der Waals surface area contributed by atoms with Crippen LogP contribution < -0.4 is 0 Å². The number of carbonyl (C=O) groups is 1. The average Bonchev–Trinajstić information content (AvgIpc) is 2.44. The molecule has 0 aromatic heterocycles. The molecule has 1 saturated heterocycles. The van der Waals surface area contributed by atoms with Crippen molar-refractivity contribution in [1.82, 2.24) is 4.90 Å². The van der Waals surface area contributed by atoms with Gasteiger partial charge in [0.25, 0.3) is 5.91 Å². The number of likely N-dealkylation sites (tertiary alicyclic amines) is 1. The maximum atomic E-state index is 12.3. The molecule has 1 aromatic carbocycles. The first-order valence-electron chi connectivity index (χ1n) is 6.07. The molecule has 1 aliphatic heterocycles. The van der Waals surface area contributed by atoms with Crippen molar-refractivity contribution in [2.45, 2.75) is 24.4 Å². The highest BCUT2D eigenvalue weighted by Gasteiger charge is 2.43. The highest BCUT2D eigenvalue weighted by molar-refractivity contribution is 5.94. The summed E-state index contributed by atoms with van der Waals surface area (Å²) in [6.45, 7) is -0.610. The number of benzene rings is 1. The van der Waals surface area contributed by atoms with Gasteiger partial charge in [-0.25, -0.2) is 0 Å². The minimum absolute atomic E-state index is 0.128. The molecule has 2 rings (SSSR count). The van der Waals surface area contributed by atoms with Crippen LogP contribution in [0, 0.1) is 0 Å². The lowest BCUT2D eigenvalue weighted by Crippen LogP contribution is -2.63. The summed E-state index contributed by atoms with van der Waals surface area (Å²) in [5.41, 5.74) is 0.400. The van der Waals surface area contributed by atoms with Crippen molar-refractivity contribution in [1.29, 1.82) is 0 Å². The van der Waals surface area contributed by atoms with E-state index in [1.54, 1.807) is 30.3 Å². The van der Waals surface area contributed by atoms with Gasteiger partial charge >= 0.3 is 0 Å². The summed E-state index contributed by atoms with van der Waals surface area (Å²) in [6, 6.07) is 7.47. The van der Waals surface area contributed by atoms with Gasteiger partial charge < -0.3 is 25.3 Å². The Balaban J connectivity index is 2.24. The summed E-state index contributed by atoms with van der Waals surface area (Å²) in [4.78, 5) is 13.5. The Hall–Kier alpha value is -1.47. The van der Waals surface area contributed by atoms with Gasteiger partial charge in [-0.2, -0.15) is 0 Å². The van der Waals surface area contributed by atoms with Crippen LogP contribution in [-0.4, -0.2) is 68.7 Å². The zero-order chi connectivity index (χ0) is 14.0. The minimum Gasteiger partial charge on any atom is -0.394 e. The number of aliphatic hydroxyl groups is 4. The SMILES string of the molecule is O=C(c1ccccc1)N1CC(O)C(O)C(O)C1CO. The lowest BCUT2D eigenvalue weighted by atomic mass is 9.93. The van der Waals surface area contributed by atoms with E-state index >= 15 is 0 Å². The number of carbonyl (C=O) groups excluding carboxylic acids is 1. The number of hydrogen-bond acceptors (Lipinski definition) is 5. The summed E-state index contributed by atoms with van der Waals surface area (Å²) in [7, 11) is 0. The van der Waals surface area contributed by atoms with Crippen LogP contribution in [0.3, 0.4) is 0 Å². The van der Waals surface area contributed by atoms with E-state index in [-0.39, 0.29) is 6.54 Å². The number of rotatable bonds is 2. The fraction of sp³-hybridized carbons (Fsp3) is 0.462. The van der Waals surface area contributed by atoms with Crippen molar-refractivity contribution in [3.8, 4) is 0 Å². The second kappa shape index (κ2) is 5.66. The number of piperidine rings is 1. The highest BCUT2D eigenvalue weighted by atomic mass is 16.4. The Labute approximate surface area is 110 Å². The largest absolute Gasteiger partial charge is 0.394 e. The Morgan fingerprint density at radius 1 is 1.16 bits per heavy atom. The first kappa shape index (κ1) is 14.0. The molecule has 104 valence electrons. The summed E-state index contributed by atoms with van der Waals surface area (Å²) in [5, 5.41) is 38.3. The lowest BCUT2D eigenvalue weighted by molar-refractivity contribution is -0.134. The third-order valence-corrected chi connectivity index (χ3v) is 3.39. The molecule has 4 N–H and O–H groups in total. The molecule has 6 nitrogen and oxygen atoms in total. The van der Waals surface area contributed by atoms with Crippen molar-refractivity contribution < 1.29 is 25.2 Å². The standard InChI is InChI=1S/C13H17NO5/c15-7-9-11(17)12(18)10(16)6-14(9)13(19)8-4-2-1-3-5-8/h1-5,9-12,15-18H,6-7H2. The molecule has 1 aromatic rings. The molecular weight excluding hydrogens is 250 g/mol. The second-order valence-electron chi connectivity index (χ2n) is 4.62. The number of nitrogens with zero attached hydrogens (tertiary/aromatic N) is 1. The summed E-state index contributed by atoms with van der Waals surface area (Å²) < 4.78 is 0. The van der Waals surface area contributed by atoms with E-state index in [2.05, 4.69) is 0 Å². The smallest absolute Gasteiger partial charge is 0.254 e. The van der Waals surface area contributed by atoms with Gasteiger partial charge in [0.1, 0.15) is 18.3 Å². The van der Waals surface area contributed by atoms with Crippen LogP contribution in [0.1, 0.15) is 10.4 Å². The van der Waals surface area contributed by atoms with E-state index in [1.807, 2.05) is 0 Å². The lowest BCUT2D eigenvalue weighted by Gasteiger charge is -2.43. The second-order valence-corrected chi connectivity index (χ2v) is 4.62. The van der Waals surface area contributed by atoms with Gasteiger partial charge in [-0.3, -0.25) is 4.79 Å². The van der Waals surface area contributed by atoms with Crippen LogP contribution in [0.25, 0.3) is 0 Å². The van der Waals surface area contributed by atoms with E-state index < -0.39 is 36.9 Å². The van der Waals surface area contributed by atoms with Gasteiger partial charge in [-0.15, -0.1) is 0 Å². The van der Waals surface area contributed by atoms with Gasteiger partial charge in [0.2, 0.25) is 0 Å². The maximum absolute atomic E-state index is 12.3. The predicted octanol–water partition coefficient (Wildman–Crippen LogP) is -1.41. The molecule has 1 amide bonds. The van der Waals surface area contributed by atoms with E-state index in [1.165, 1.54) is 4.90 Å². The zero-order valence-corrected chi connectivity index (χ0v) is 10.3. The fourth-order valence-corrected chi connectivity index (χ4v) is 2.27. The maximum Gasteiger partial charge on any atom is 0.254 e. The van der Waals surface area contributed by atoms with Crippen LogP contribution in [-0.2, 0) is 0 Å². The third kappa shape index (κ3) is 2.62. The monoisotopic (exact) mass is 267 g/mol. The van der Waals surface area contributed by atoms with Crippen LogP contribution in [0.4, 0.5) is 0 Å². The van der Waals surface area contributed by atoms with E-state index in [0.717, 1.165) is 0 Å². The fourth-order valence-electron chi connectivity index (χ4n) is 2.27. The Kier molecular flexibility index (Phi) is 4.16. The number of aliphatic hydroxyl groups excluding tert-OH is 4. The first-order chi connectivity index (χ1) is 9.06. The van der Waals surface area contributed by atoms with E-state index in [9.17, 15) is 25.2 Å². The Morgan fingerprint density at radius 2 is 1.79 bits per heavy atom. The topological polar surface area (TPSA) is 101 Å². The van der Waals surface area contributed by atoms with Gasteiger partial charge in [-0.1, -0.05) is 18.2 Å². The predicted molar refractivity (Wildman–Crippen MR) is 66.4 cm³/mol. The van der Waals surface area contributed by atoms with Gasteiger partial charge in [0, 0.05) is 5.56 Å². The molecule has 1 aliphatic rings. The van der Waals surface area contributed by atoms with Crippen LogP contribution in [0.5, 0.6) is 0 Å².